The number of anilines is 1. The van der Waals surface area contributed by atoms with Crippen molar-refractivity contribution in [2.45, 2.75) is 38.1 Å². The average molecular weight is 326 g/mol. The Morgan fingerprint density at radius 2 is 1.96 bits per heavy atom. The van der Waals surface area contributed by atoms with Gasteiger partial charge in [-0.25, -0.2) is 9.97 Å². The molecule has 0 amide bonds. The molecule has 4 nitrogen and oxygen atoms in total. The summed E-state index contributed by atoms with van der Waals surface area (Å²) >= 11 is 1.90. The number of hydrogen-bond acceptors (Lipinski definition) is 5. The van der Waals surface area contributed by atoms with Crippen LogP contribution in [0.1, 0.15) is 29.7 Å². The van der Waals surface area contributed by atoms with Crippen molar-refractivity contribution >= 4 is 27.4 Å². The van der Waals surface area contributed by atoms with E-state index in [0.717, 1.165) is 26.2 Å². The molecule has 1 saturated heterocycles. The molecule has 3 aliphatic rings. The van der Waals surface area contributed by atoms with Gasteiger partial charge in [0, 0.05) is 37.1 Å². The summed E-state index contributed by atoms with van der Waals surface area (Å²) < 4.78 is 0. The van der Waals surface area contributed by atoms with E-state index in [4.69, 9.17) is 4.98 Å². The SMILES string of the molecule is C1=CCN([C@@H]2CCN(c3ncnc4sc5c(c34)CCCC5)C2)C1. The van der Waals surface area contributed by atoms with Crippen LogP contribution in [0.2, 0.25) is 0 Å². The molecule has 0 N–H and O–H groups in total. The van der Waals surface area contributed by atoms with Gasteiger partial charge in [0.15, 0.2) is 0 Å². The lowest BCUT2D eigenvalue weighted by Gasteiger charge is -2.24. The van der Waals surface area contributed by atoms with Crippen molar-refractivity contribution in [1.82, 2.24) is 14.9 Å². The molecule has 0 radical (unpaired) electrons. The third kappa shape index (κ3) is 2.29. The van der Waals surface area contributed by atoms with Crippen LogP contribution in [-0.2, 0) is 12.8 Å². The van der Waals surface area contributed by atoms with Crippen LogP contribution in [0.25, 0.3) is 10.2 Å². The van der Waals surface area contributed by atoms with E-state index in [9.17, 15) is 0 Å². The Labute approximate surface area is 140 Å². The largest absolute Gasteiger partial charge is 0.354 e. The second-order valence-electron chi connectivity index (χ2n) is 6.90. The summed E-state index contributed by atoms with van der Waals surface area (Å²) in [5.41, 5.74) is 1.55. The molecule has 1 atom stereocenters. The summed E-state index contributed by atoms with van der Waals surface area (Å²) in [6.07, 6.45) is 12.7. The molecule has 23 heavy (non-hydrogen) atoms. The predicted octanol–water partition coefficient (Wildman–Crippen LogP) is 3.02. The Kier molecular flexibility index (Phi) is 3.37. The first-order chi connectivity index (χ1) is 11.4. The second kappa shape index (κ2) is 5.56. The maximum absolute atomic E-state index is 4.72. The average Bonchev–Trinajstić information content (AvgIpc) is 3.32. The normalized spacial score (nSPS) is 24.7. The molecule has 0 saturated carbocycles. The first-order valence-corrected chi connectivity index (χ1v) is 9.61. The van der Waals surface area contributed by atoms with Crippen molar-refractivity contribution in [3.8, 4) is 0 Å². The Morgan fingerprint density at radius 1 is 1.09 bits per heavy atom. The maximum atomic E-state index is 4.72. The molecule has 0 bridgehead atoms. The van der Waals surface area contributed by atoms with Gasteiger partial charge < -0.3 is 4.90 Å². The molecule has 1 fully saturated rings. The highest BCUT2D eigenvalue weighted by Crippen LogP contribution is 2.40. The monoisotopic (exact) mass is 326 g/mol. The van der Waals surface area contributed by atoms with E-state index < -0.39 is 0 Å². The van der Waals surface area contributed by atoms with Crippen molar-refractivity contribution in [2.75, 3.05) is 31.1 Å². The second-order valence-corrected chi connectivity index (χ2v) is 7.99. The molecular weight excluding hydrogens is 304 g/mol. The van der Waals surface area contributed by atoms with Crippen LogP contribution in [0.3, 0.4) is 0 Å². The number of aryl methyl sites for hydroxylation is 2. The van der Waals surface area contributed by atoms with E-state index >= 15 is 0 Å². The van der Waals surface area contributed by atoms with E-state index in [1.165, 1.54) is 48.1 Å². The van der Waals surface area contributed by atoms with Crippen molar-refractivity contribution in [3.05, 3.63) is 28.9 Å². The van der Waals surface area contributed by atoms with Crippen LogP contribution in [0.15, 0.2) is 18.5 Å². The zero-order valence-corrected chi connectivity index (χ0v) is 14.2. The van der Waals surface area contributed by atoms with E-state index in [2.05, 4.69) is 26.9 Å². The van der Waals surface area contributed by atoms with Crippen molar-refractivity contribution in [1.29, 1.82) is 0 Å². The zero-order valence-electron chi connectivity index (χ0n) is 13.4. The Bertz CT molecular complexity index is 758. The van der Waals surface area contributed by atoms with Gasteiger partial charge >= 0.3 is 0 Å². The van der Waals surface area contributed by atoms with E-state index in [1.54, 1.807) is 16.8 Å². The first kappa shape index (κ1) is 13.9. The Balaban J connectivity index is 1.49. The lowest BCUT2D eigenvalue weighted by atomic mass is 9.97. The summed E-state index contributed by atoms with van der Waals surface area (Å²) in [4.78, 5) is 17.2. The lowest BCUT2D eigenvalue weighted by molar-refractivity contribution is 0.271. The molecule has 5 rings (SSSR count). The van der Waals surface area contributed by atoms with E-state index in [0.29, 0.717) is 6.04 Å². The van der Waals surface area contributed by atoms with Crippen molar-refractivity contribution in [2.24, 2.45) is 0 Å². The number of nitrogens with zero attached hydrogens (tertiary/aromatic N) is 4. The van der Waals surface area contributed by atoms with Gasteiger partial charge in [-0.15, -0.1) is 11.3 Å². The fourth-order valence-corrected chi connectivity index (χ4v) is 5.56. The van der Waals surface area contributed by atoms with Gasteiger partial charge in [0.2, 0.25) is 0 Å². The molecule has 120 valence electrons. The number of rotatable bonds is 2. The molecule has 0 aromatic carbocycles. The van der Waals surface area contributed by atoms with Crippen molar-refractivity contribution in [3.63, 3.8) is 0 Å². The van der Waals surface area contributed by atoms with Crippen molar-refractivity contribution < 1.29 is 0 Å². The fraction of sp³-hybridized carbons (Fsp3) is 0.556. The highest BCUT2D eigenvalue weighted by molar-refractivity contribution is 7.19. The minimum absolute atomic E-state index is 0.671. The van der Waals surface area contributed by atoms with E-state index in [1.807, 2.05) is 11.3 Å². The van der Waals surface area contributed by atoms with Crippen LogP contribution >= 0.6 is 11.3 Å². The van der Waals surface area contributed by atoms with Gasteiger partial charge in [-0.1, -0.05) is 12.2 Å². The summed E-state index contributed by atoms with van der Waals surface area (Å²) in [6.45, 7) is 4.47. The van der Waals surface area contributed by atoms with Crippen LogP contribution in [-0.4, -0.2) is 47.1 Å². The van der Waals surface area contributed by atoms with Gasteiger partial charge in [0.1, 0.15) is 17.0 Å². The number of aromatic nitrogens is 2. The zero-order chi connectivity index (χ0) is 15.2. The third-order valence-corrected chi connectivity index (χ3v) is 6.76. The van der Waals surface area contributed by atoms with Gasteiger partial charge in [-0.2, -0.15) is 0 Å². The first-order valence-electron chi connectivity index (χ1n) is 8.79. The van der Waals surface area contributed by atoms with Crippen LogP contribution in [0, 0.1) is 0 Å². The predicted molar refractivity (Wildman–Crippen MR) is 95.4 cm³/mol. The Hall–Kier alpha value is -1.46. The van der Waals surface area contributed by atoms with Crippen LogP contribution in [0.4, 0.5) is 5.82 Å². The Morgan fingerprint density at radius 3 is 2.87 bits per heavy atom. The lowest BCUT2D eigenvalue weighted by Crippen LogP contribution is -2.35. The van der Waals surface area contributed by atoms with Gasteiger partial charge in [0.25, 0.3) is 0 Å². The quantitative estimate of drug-likeness (QED) is 0.794. The molecule has 2 aromatic heterocycles. The molecule has 5 heteroatoms. The van der Waals surface area contributed by atoms with Gasteiger partial charge in [-0.3, -0.25) is 4.90 Å². The molecule has 0 spiro atoms. The highest BCUT2D eigenvalue weighted by Gasteiger charge is 2.31. The van der Waals surface area contributed by atoms with Gasteiger partial charge in [0.05, 0.1) is 5.39 Å². The molecular formula is C18H22N4S. The summed E-state index contributed by atoms with van der Waals surface area (Å²) in [5.74, 6) is 1.20. The minimum Gasteiger partial charge on any atom is -0.354 e. The minimum atomic E-state index is 0.671. The molecule has 2 aliphatic heterocycles. The van der Waals surface area contributed by atoms with Crippen LogP contribution < -0.4 is 4.90 Å². The third-order valence-electron chi connectivity index (χ3n) is 5.56. The molecule has 4 heterocycles. The smallest absolute Gasteiger partial charge is 0.141 e. The van der Waals surface area contributed by atoms with E-state index in [-0.39, 0.29) is 0 Å². The standard InChI is InChI=1S/C18H22N4S/c1-2-6-15-14(5-1)16-17(19-12-20-18(16)23-15)22-10-7-13(11-22)21-8-3-4-9-21/h3-4,12-13H,1-2,5-11H2/t13-/m1/s1. The summed E-state index contributed by atoms with van der Waals surface area (Å²) in [7, 11) is 0. The van der Waals surface area contributed by atoms with Gasteiger partial charge in [-0.05, 0) is 37.7 Å². The molecule has 0 unspecified atom stereocenters. The number of fused-ring (bicyclic) bond motifs is 3. The highest BCUT2D eigenvalue weighted by atomic mass is 32.1. The topological polar surface area (TPSA) is 32.3 Å². The molecule has 2 aromatic rings. The number of thiophene rings is 1. The summed E-state index contributed by atoms with van der Waals surface area (Å²) in [6, 6.07) is 0.671. The van der Waals surface area contributed by atoms with Crippen LogP contribution in [0.5, 0.6) is 0 Å². The fourth-order valence-electron chi connectivity index (χ4n) is 4.34. The summed E-state index contributed by atoms with van der Waals surface area (Å²) in [5, 5.41) is 1.37. The maximum Gasteiger partial charge on any atom is 0.141 e. The number of hydrogen-bond donors (Lipinski definition) is 0. The molecule has 1 aliphatic carbocycles.